The largest absolute Gasteiger partial charge is 0.489 e. The van der Waals surface area contributed by atoms with Crippen molar-refractivity contribution in [3.8, 4) is 11.8 Å². The third kappa shape index (κ3) is 4.08. The van der Waals surface area contributed by atoms with Crippen LogP contribution in [0.2, 0.25) is 0 Å². The number of hydrogen-bond donors (Lipinski definition) is 1. The number of nitrogens with zero attached hydrogens (tertiary/aromatic N) is 1. The number of rotatable bonds is 6. The Bertz CT molecular complexity index is 692. The molecule has 0 radical (unpaired) electrons. The molecule has 0 heterocycles. The van der Waals surface area contributed by atoms with Crippen LogP contribution < -0.4 is 10.2 Å². The maximum absolute atomic E-state index is 11.8. The first kappa shape index (κ1) is 15.5. The lowest BCUT2D eigenvalue weighted by Gasteiger charge is -2.09. The van der Waals surface area contributed by atoms with Crippen LogP contribution in [0.25, 0.3) is 0 Å². The molecule has 0 atom stereocenters. The van der Waals surface area contributed by atoms with E-state index in [1.807, 2.05) is 12.1 Å². The predicted octanol–water partition coefficient (Wildman–Crippen LogP) is 2.82. The van der Waals surface area contributed by atoms with Gasteiger partial charge in [-0.2, -0.15) is 5.26 Å². The van der Waals surface area contributed by atoms with Crippen molar-refractivity contribution in [1.29, 1.82) is 5.26 Å². The summed E-state index contributed by atoms with van der Waals surface area (Å²) in [6, 6.07) is 16.1. The van der Waals surface area contributed by atoms with Crippen molar-refractivity contribution < 1.29 is 14.4 Å². The first-order valence-corrected chi connectivity index (χ1v) is 6.87. The van der Waals surface area contributed by atoms with Gasteiger partial charge in [0.05, 0.1) is 18.2 Å². The summed E-state index contributed by atoms with van der Waals surface area (Å²) in [4.78, 5) is 16.7. The number of ether oxygens (including phenoxy) is 1. The molecule has 1 amide bonds. The second kappa shape index (κ2) is 7.81. The van der Waals surface area contributed by atoms with E-state index in [1.54, 1.807) is 43.3 Å². The van der Waals surface area contributed by atoms with Crippen molar-refractivity contribution in [2.24, 2.45) is 0 Å². The van der Waals surface area contributed by atoms with Crippen LogP contribution in [-0.2, 0) is 11.4 Å². The molecule has 0 aliphatic rings. The highest BCUT2D eigenvalue weighted by molar-refractivity contribution is 5.93. The molecular weight excluding hydrogens is 280 g/mol. The number of hydrogen-bond acceptors (Lipinski definition) is 4. The van der Waals surface area contributed by atoms with E-state index in [4.69, 9.17) is 14.8 Å². The molecule has 0 bridgehead atoms. The van der Waals surface area contributed by atoms with Crippen LogP contribution >= 0.6 is 0 Å². The maximum atomic E-state index is 11.8. The molecular formula is C17H16N2O3. The van der Waals surface area contributed by atoms with Gasteiger partial charge < -0.3 is 4.74 Å². The highest BCUT2D eigenvalue weighted by Crippen LogP contribution is 2.16. The zero-order chi connectivity index (χ0) is 15.8. The Labute approximate surface area is 129 Å². The lowest BCUT2D eigenvalue weighted by Crippen LogP contribution is -2.23. The van der Waals surface area contributed by atoms with Crippen LogP contribution in [0.1, 0.15) is 28.4 Å². The zero-order valence-electron chi connectivity index (χ0n) is 12.2. The maximum Gasteiger partial charge on any atom is 0.274 e. The topological polar surface area (TPSA) is 71.3 Å². The van der Waals surface area contributed by atoms with Gasteiger partial charge in [-0.3, -0.25) is 9.63 Å². The van der Waals surface area contributed by atoms with Crippen LogP contribution in [0.4, 0.5) is 0 Å². The van der Waals surface area contributed by atoms with Gasteiger partial charge in [0.25, 0.3) is 5.91 Å². The number of nitrogens with one attached hydrogen (secondary N) is 1. The van der Waals surface area contributed by atoms with Gasteiger partial charge in [-0.25, -0.2) is 5.48 Å². The Hall–Kier alpha value is -2.84. The molecule has 0 saturated heterocycles. The zero-order valence-corrected chi connectivity index (χ0v) is 12.2. The van der Waals surface area contributed by atoms with Crippen LogP contribution in [0.15, 0.2) is 48.5 Å². The molecule has 0 aromatic heterocycles. The molecule has 0 spiro atoms. The van der Waals surface area contributed by atoms with Crippen LogP contribution in [-0.4, -0.2) is 12.5 Å². The lowest BCUT2D eigenvalue weighted by atomic mass is 10.1. The molecule has 5 nitrogen and oxygen atoms in total. The van der Waals surface area contributed by atoms with Gasteiger partial charge in [-0.1, -0.05) is 24.3 Å². The average molecular weight is 296 g/mol. The summed E-state index contributed by atoms with van der Waals surface area (Å²) in [5.74, 6) is 0.224. The van der Waals surface area contributed by atoms with Gasteiger partial charge in [0.1, 0.15) is 12.4 Å². The summed E-state index contributed by atoms with van der Waals surface area (Å²) in [6.07, 6.45) is 0. The summed E-state index contributed by atoms with van der Waals surface area (Å²) < 4.78 is 5.66. The first-order chi connectivity index (χ1) is 10.7. The Kier molecular flexibility index (Phi) is 5.52. The third-order valence-corrected chi connectivity index (χ3v) is 2.94. The second-order valence-electron chi connectivity index (χ2n) is 4.45. The van der Waals surface area contributed by atoms with E-state index >= 15 is 0 Å². The number of hydroxylamine groups is 1. The summed E-state index contributed by atoms with van der Waals surface area (Å²) >= 11 is 0. The van der Waals surface area contributed by atoms with Gasteiger partial charge in [-0.05, 0) is 31.2 Å². The first-order valence-electron chi connectivity index (χ1n) is 6.87. The molecule has 22 heavy (non-hydrogen) atoms. The molecule has 0 fully saturated rings. The van der Waals surface area contributed by atoms with E-state index in [0.29, 0.717) is 23.5 Å². The highest BCUT2D eigenvalue weighted by atomic mass is 16.6. The Morgan fingerprint density at radius 3 is 2.82 bits per heavy atom. The minimum absolute atomic E-state index is 0.264. The van der Waals surface area contributed by atoms with E-state index in [-0.39, 0.29) is 12.5 Å². The van der Waals surface area contributed by atoms with E-state index < -0.39 is 0 Å². The monoisotopic (exact) mass is 296 g/mol. The fraction of sp³-hybridized carbons (Fsp3) is 0.176. The van der Waals surface area contributed by atoms with Crippen molar-refractivity contribution in [1.82, 2.24) is 5.48 Å². The van der Waals surface area contributed by atoms with Gasteiger partial charge >= 0.3 is 0 Å². The molecule has 2 aromatic rings. The molecule has 0 aliphatic carbocycles. The van der Waals surface area contributed by atoms with Crippen LogP contribution in [0, 0.1) is 11.3 Å². The molecule has 0 unspecified atom stereocenters. The molecule has 112 valence electrons. The van der Waals surface area contributed by atoms with E-state index in [9.17, 15) is 4.79 Å². The quantitative estimate of drug-likeness (QED) is 0.832. The number of nitriles is 1. The second-order valence-corrected chi connectivity index (χ2v) is 4.45. The molecule has 5 heteroatoms. The van der Waals surface area contributed by atoms with Crippen molar-refractivity contribution in [2.45, 2.75) is 13.5 Å². The summed E-state index contributed by atoms with van der Waals surface area (Å²) in [6.45, 7) is 2.44. The lowest BCUT2D eigenvalue weighted by molar-refractivity contribution is 0.0364. The SMILES string of the molecule is CCONC(=O)c1cccc(OCc2ccccc2C#N)c1. The van der Waals surface area contributed by atoms with Gasteiger partial charge in [0.15, 0.2) is 0 Å². The minimum Gasteiger partial charge on any atom is -0.489 e. The summed E-state index contributed by atoms with van der Waals surface area (Å²) in [5.41, 5.74) is 4.15. The predicted molar refractivity (Wildman–Crippen MR) is 81.0 cm³/mol. The van der Waals surface area contributed by atoms with Crippen molar-refractivity contribution in [3.63, 3.8) is 0 Å². The van der Waals surface area contributed by atoms with Crippen LogP contribution in [0.3, 0.4) is 0 Å². The number of carbonyl (C=O) groups excluding carboxylic acids is 1. The van der Waals surface area contributed by atoms with Gasteiger partial charge in [0, 0.05) is 11.1 Å². The molecule has 0 saturated carbocycles. The Balaban J connectivity index is 2.05. The summed E-state index contributed by atoms with van der Waals surface area (Å²) in [7, 11) is 0. The highest BCUT2D eigenvalue weighted by Gasteiger charge is 2.07. The minimum atomic E-state index is -0.329. The van der Waals surface area contributed by atoms with Crippen LogP contribution in [0.5, 0.6) is 5.75 Å². The fourth-order valence-corrected chi connectivity index (χ4v) is 1.84. The molecule has 2 aromatic carbocycles. The molecule has 0 aliphatic heterocycles. The number of carbonyl (C=O) groups is 1. The third-order valence-electron chi connectivity index (χ3n) is 2.94. The van der Waals surface area contributed by atoms with Gasteiger partial charge in [0.2, 0.25) is 0 Å². The fourth-order valence-electron chi connectivity index (χ4n) is 1.84. The van der Waals surface area contributed by atoms with E-state index in [0.717, 1.165) is 5.56 Å². The standard InChI is InChI=1S/C17H16N2O3/c1-2-22-19-17(20)13-8-5-9-16(10-13)21-12-15-7-4-3-6-14(15)11-18/h3-10H,2,12H2,1H3,(H,19,20). The van der Waals surface area contributed by atoms with Crippen molar-refractivity contribution in [3.05, 3.63) is 65.2 Å². The average Bonchev–Trinajstić information content (AvgIpc) is 2.58. The normalized spacial score (nSPS) is 9.82. The summed E-state index contributed by atoms with van der Waals surface area (Å²) in [5, 5.41) is 9.04. The number of amides is 1. The smallest absolute Gasteiger partial charge is 0.274 e. The van der Waals surface area contributed by atoms with Crippen molar-refractivity contribution in [2.75, 3.05) is 6.61 Å². The molecule has 2 rings (SSSR count). The van der Waals surface area contributed by atoms with Crippen molar-refractivity contribution >= 4 is 5.91 Å². The Morgan fingerprint density at radius 2 is 2.05 bits per heavy atom. The van der Waals surface area contributed by atoms with E-state index in [2.05, 4.69) is 11.5 Å². The van der Waals surface area contributed by atoms with E-state index in [1.165, 1.54) is 0 Å². The van der Waals surface area contributed by atoms with Gasteiger partial charge in [-0.15, -0.1) is 0 Å². The number of benzene rings is 2. The Morgan fingerprint density at radius 1 is 1.23 bits per heavy atom. The molecule has 1 N–H and O–H groups in total.